The predicted molar refractivity (Wildman–Crippen MR) is 218 cm³/mol. The summed E-state index contributed by atoms with van der Waals surface area (Å²) < 4.78 is 12.4. The second-order valence-electron chi connectivity index (χ2n) is 14.7. The van der Waals surface area contributed by atoms with Gasteiger partial charge in [-0.2, -0.15) is 0 Å². The van der Waals surface area contributed by atoms with Crippen molar-refractivity contribution in [2.45, 2.75) is 42.6 Å². The quantitative estimate of drug-likeness (QED) is 0.102. The Kier molecular flexibility index (Phi) is 10.7. The molecule has 2 fully saturated rings. The number of carbonyl (C=O) groups is 4. The topological polar surface area (TPSA) is 138 Å². The Hall–Kier alpha value is -6.56. The minimum absolute atomic E-state index is 0.0164. The number of aliphatic hydroxyl groups is 1. The number of morpholine rings is 1. The standard InChI is InChI=1S/C47H44N4O7/c1-3-26-48-43(53)38-40-44(54)58-41(33-20-11-6-12-21-33)39(32-18-9-5-10-19-32)51(40)42(34-22-15-23-35(29-34)57-28-27-52)47(38)36-24-13-14-25-37(36)50(45(47)55)46(56)49-30(2)31-16-7-4-8-17-31/h3-25,29-30,38-42,52H,1,26-28H2,2H3,(H,48,53)(H,49,56)/t30-,38-,39-,40-,41+,42+,47-/m1/s1. The zero-order valence-electron chi connectivity index (χ0n) is 31.9. The first-order valence-corrected chi connectivity index (χ1v) is 19.4. The van der Waals surface area contributed by atoms with E-state index in [1.165, 1.54) is 6.08 Å². The number of nitrogens with one attached hydrogen (secondary N) is 2. The lowest BCUT2D eigenvalue weighted by atomic mass is 9.65. The van der Waals surface area contributed by atoms with Gasteiger partial charge in [-0.3, -0.25) is 19.3 Å². The van der Waals surface area contributed by atoms with E-state index in [-0.39, 0.29) is 19.8 Å². The fourth-order valence-corrected chi connectivity index (χ4v) is 9.16. The maximum atomic E-state index is 16.0. The molecular formula is C47H44N4O7. The summed E-state index contributed by atoms with van der Waals surface area (Å²) in [7, 11) is 0. The molecule has 0 aromatic heterocycles. The van der Waals surface area contributed by atoms with Crippen LogP contribution in [0.1, 0.15) is 59.0 Å². The Balaban J connectivity index is 1.40. The van der Waals surface area contributed by atoms with Gasteiger partial charge in [0, 0.05) is 6.54 Å². The second-order valence-corrected chi connectivity index (χ2v) is 14.7. The van der Waals surface area contributed by atoms with Crippen molar-refractivity contribution in [2.24, 2.45) is 5.92 Å². The van der Waals surface area contributed by atoms with Crippen LogP contribution in [0.15, 0.2) is 152 Å². The molecule has 8 rings (SSSR count). The molecule has 11 heteroatoms. The zero-order chi connectivity index (χ0) is 40.4. The molecule has 0 saturated carbocycles. The molecule has 3 aliphatic heterocycles. The molecule has 5 aromatic carbocycles. The van der Waals surface area contributed by atoms with Crippen LogP contribution in [0.25, 0.3) is 0 Å². The maximum Gasteiger partial charge on any atom is 0.329 e. The van der Waals surface area contributed by atoms with Crippen molar-refractivity contribution in [3.05, 3.63) is 180 Å². The Bertz CT molecular complexity index is 2320. The number of carbonyl (C=O) groups excluding carboxylic acids is 4. The number of anilines is 1. The lowest BCUT2D eigenvalue weighted by Gasteiger charge is -2.46. The number of urea groups is 1. The lowest BCUT2D eigenvalue weighted by Crippen LogP contribution is -2.56. The first-order chi connectivity index (χ1) is 28.3. The van der Waals surface area contributed by atoms with E-state index in [2.05, 4.69) is 17.2 Å². The summed E-state index contributed by atoms with van der Waals surface area (Å²) in [4.78, 5) is 63.8. The molecule has 0 aliphatic carbocycles. The number of ether oxygens (including phenoxy) is 2. The minimum atomic E-state index is -1.87. The van der Waals surface area contributed by atoms with E-state index in [1.54, 1.807) is 42.5 Å². The predicted octanol–water partition coefficient (Wildman–Crippen LogP) is 6.50. The normalized spacial score (nSPS) is 24.0. The first-order valence-electron chi connectivity index (χ1n) is 19.4. The van der Waals surface area contributed by atoms with E-state index in [9.17, 15) is 14.7 Å². The number of esters is 1. The number of para-hydroxylation sites is 1. The Morgan fingerprint density at radius 3 is 2.17 bits per heavy atom. The number of amides is 4. The van der Waals surface area contributed by atoms with Crippen molar-refractivity contribution in [2.75, 3.05) is 24.7 Å². The summed E-state index contributed by atoms with van der Waals surface area (Å²) in [6.45, 7) is 5.48. The second kappa shape index (κ2) is 16.1. The number of nitrogens with zero attached hydrogens (tertiary/aromatic N) is 2. The van der Waals surface area contributed by atoms with E-state index in [0.29, 0.717) is 22.6 Å². The monoisotopic (exact) mass is 776 g/mol. The molecule has 1 spiro atoms. The fraction of sp³-hybridized carbons (Fsp3) is 0.234. The van der Waals surface area contributed by atoms with Gasteiger partial charge in [-0.05, 0) is 52.9 Å². The molecule has 3 heterocycles. The van der Waals surface area contributed by atoms with Gasteiger partial charge in [0.2, 0.25) is 11.8 Å². The fourth-order valence-electron chi connectivity index (χ4n) is 9.16. The Labute approximate surface area is 336 Å². The van der Waals surface area contributed by atoms with Gasteiger partial charge in [0.25, 0.3) is 0 Å². The van der Waals surface area contributed by atoms with Gasteiger partial charge in [0.05, 0.1) is 36.3 Å². The molecule has 294 valence electrons. The third-order valence-corrected chi connectivity index (χ3v) is 11.4. The number of rotatable bonds is 11. The highest BCUT2D eigenvalue weighted by Gasteiger charge is 2.75. The SMILES string of the molecule is C=CCNC(=O)[C@H]1[C@@H]2C(=O)O[C@@H](c3ccccc3)[C@@H](c3ccccc3)N2[C@@H](c2cccc(OCCO)c2)[C@]12C(=O)N(C(=O)N[C@H](C)c1ccccc1)c1ccccc12. The molecule has 3 aliphatic rings. The third kappa shape index (κ3) is 6.42. The highest BCUT2D eigenvalue weighted by molar-refractivity contribution is 6.24. The zero-order valence-corrected chi connectivity index (χ0v) is 31.9. The smallest absolute Gasteiger partial charge is 0.329 e. The summed E-state index contributed by atoms with van der Waals surface area (Å²) in [6, 6.07) is 38.3. The summed E-state index contributed by atoms with van der Waals surface area (Å²) in [5.74, 6) is -2.90. The molecule has 0 bridgehead atoms. The summed E-state index contributed by atoms with van der Waals surface area (Å²) in [6.07, 6.45) is 0.678. The number of fused-ring (bicyclic) bond motifs is 3. The average Bonchev–Trinajstić information content (AvgIpc) is 3.72. The summed E-state index contributed by atoms with van der Waals surface area (Å²) in [5, 5.41) is 15.6. The maximum absolute atomic E-state index is 16.0. The molecule has 5 aromatic rings. The van der Waals surface area contributed by atoms with Gasteiger partial charge in [0.15, 0.2) is 0 Å². The highest BCUT2D eigenvalue weighted by atomic mass is 16.6. The molecular weight excluding hydrogens is 733 g/mol. The largest absolute Gasteiger partial charge is 0.491 e. The minimum Gasteiger partial charge on any atom is -0.491 e. The van der Waals surface area contributed by atoms with Gasteiger partial charge in [-0.1, -0.05) is 127 Å². The molecule has 0 radical (unpaired) electrons. The molecule has 7 atom stereocenters. The third-order valence-electron chi connectivity index (χ3n) is 11.4. The van der Waals surface area contributed by atoms with Crippen molar-refractivity contribution >= 4 is 29.5 Å². The van der Waals surface area contributed by atoms with E-state index in [4.69, 9.17) is 9.47 Å². The van der Waals surface area contributed by atoms with Crippen molar-refractivity contribution in [3.63, 3.8) is 0 Å². The first kappa shape index (κ1) is 38.3. The van der Waals surface area contributed by atoms with Crippen LogP contribution >= 0.6 is 0 Å². The molecule has 4 amide bonds. The van der Waals surface area contributed by atoms with Crippen LogP contribution in [-0.2, 0) is 24.5 Å². The number of hydrogen-bond donors (Lipinski definition) is 3. The van der Waals surface area contributed by atoms with Crippen molar-refractivity contribution in [3.8, 4) is 5.75 Å². The Morgan fingerprint density at radius 1 is 0.845 bits per heavy atom. The van der Waals surface area contributed by atoms with Gasteiger partial charge >= 0.3 is 12.0 Å². The number of aliphatic hydroxyl groups excluding tert-OH is 1. The van der Waals surface area contributed by atoms with Crippen LogP contribution in [0.5, 0.6) is 5.75 Å². The van der Waals surface area contributed by atoms with Crippen LogP contribution in [-0.4, -0.2) is 59.6 Å². The lowest BCUT2D eigenvalue weighted by molar-refractivity contribution is -0.178. The van der Waals surface area contributed by atoms with E-state index < -0.39 is 65.4 Å². The molecule has 3 N–H and O–H groups in total. The van der Waals surface area contributed by atoms with Crippen LogP contribution in [0.4, 0.5) is 10.5 Å². The van der Waals surface area contributed by atoms with Crippen molar-refractivity contribution in [1.82, 2.24) is 15.5 Å². The number of cyclic esters (lactones) is 1. The number of imide groups is 1. The average molecular weight is 777 g/mol. The molecule has 58 heavy (non-hydrogen) atoms. The van der Waals surface area contributed by atoms with Crippen molar-refractivity contribution in [1.29, 1.82) is 0 Å². The molecule has 0 unspecified atom stereocenters. The Morgan fingerprint density at radius 2 is 1.48 bits per heavy atom. The van der Waals surface area contributed by atoms with Gasteiger partial charge in [0.1, 0.15) is 29.9 Å². The molecule has 2 saturated heterocycles. The van der Waals surface area contributed by atoms with Gasteiger partial charge in [-0.15, -0.1) is 6.58 Å². The van der Waals surface area contributed by atoms with Crippen LogP contribution < -0.4 is 20.3 Å². The van der Waals surface area contributed by atoms with E-state index in [0.717, 1.165) is 21.6 Å². The number of benzene rings is 5. The van der Waals surface area contributed by atoms with Gasteiger partial charge < -0.3 is 25.2 Å². The van der Waals surface area contributed by atoms with Crippen molar-refractivity contribution < 1.29 is 33.8 Å². The molecule has 11 nitrogen and oxygen atoms in total. The van der Waals surface area contributed by atoms with E-state index >= 15 is 9.59 Å². The summed E-state index contributed by atoms with van der Waals surface area (Å²) >= 11 is 0. The number of hydrogen-bond acceptors (Lipinski definition) is 8. The van der Waals surface area contributed by atoms with Gasteiger partial charge in [-0.25, -0.2) is 9.69 Å². The van der Waals surface area contributed by atoms with E-state index in [1.807, 2.05) is 109 Å². The van der Waals surface area contributed by atoms with Crippen LogP contribution in [0.2, 0.25) is 0 Å². The summed E-state index contributed by atoms with van der Waals surface area (Å²) in [5.41, 5.74) is 1.76. The van der Waals surface area contributed by atoms with Crippen LogP contribution in [0, 0.1) is 5.92 Å². The van der Waals surface area contributed by atoms with Crippen LogP contribution in [0.3, 0.4) is 0 Å². The highest BCUT2D eigenvalue weighted by Crippen LogP contribution is 2.65.